The molecule has 42 heavy (non-hydrogen) atoms. The molecule has 4 nitrogen and oxygen atoms in total. The maximum atomic E-state index is 10.9. The van der Waals surface area contributed by atoms with E-state index in [1.54, 1.807) is 6.07 Å². The van der Waals surface area contributed by atoms with Gasteiger partial charge in [-0.05, 0) is 71.3 Å². The zero-order chi connectivity index (χ0) is 28.5. The summed E-state index contributed by atoms with van der Waals surface area (Å²) in [5.41, 5.74) is 10.1. The second-order valence-electron chi connectivity index (χ2n) is 10.5. The van der Waals surface area contributed by atoms with Gasteiger partial charge < -0.3 is 5.11 Å². The summed E-state index contributed by atoms with van der Waals surface area (Å²) in [4.78, 5) is 9.90. The summed E-state index contributed by atoms with van der Waals surface area (Å²) in [7, 11) is 0. The van der Waals surface area contributed by atoms with Gasteiger partial charge in [-0.1, -0.05) is 91.9 Å². The summed E-state index contributed by atoms with van der Waals surface area (Å²) in [5.74, 6) is 1.08. The van der Waals surface area contributed by atoms with E-state index in [0.717, 1.165) is 39.1 Å². The number of phenols is 1. The molecular formula is C38H29N3O. The number of imidazole rings is 1. The SMILES string of the molecule is CC(c1ccccc1)c1cc(-c2ccccn2)cc(-c2cccc3c2nc(-c2ccccc2O)n3-c2ccccc2)c1. The van der Waals surface area contributed by atoms with Crippen molar-refractivity contribution in [1.29, 1.82) is 0 Å². The van der Waals surface area contributed by atoms with Crippen LogP contribution in [-0.2, 0) is 0 Å². The summed E-state index contributed by atoms with van der Waals surface area (Å²) in [5, 5.41) is 10.9. The number of aromatic hydroxyl groups is 1. The molecule has 0 radical (unpaired) electrons. The fraction of sp³-hybridized carbons (Fsp3) is 0.0526. The highest BCUT2D eigenvalue weighted by atomic mass is 16.3. The van der Waals surface area contributed by atoms with E-state index in [9.17, 15) is 5.11 Å². The van der Waals surface area contributed by atoms with Crippen LogP contribution in [0.25, 0.3) is 50.5 Å². The normalized spacial score (nSPS) is 11.9. The molecule has 1 atom stereocenters. The Hall–Kier alpha value is -5.48. The van der Waals surface area contributed by atoms with Crippen LogP contribution < -0.4 is 0 Å². The Morgan fingerprint density at radius 2 is 1.31 bits per heavy atom. The first-order valence-electron chi connectivity index (χ1n) is 14.1. The van der Waals surface area contributed by atoms with Crippen molar-refractivity contribution in [3.63, 3.8) is 0 Å². The third-order valence-electron chi connectivity index (χ3n) is 7.87. The lowest BCUT2D eigenvalue weighted by molar-refractivity contribution is 0.477. The van der Waals surface area contributed by atoms with Gasteiger partial charge in [-0.15, -0.1) is 0 Å². The van der Waals surface area contributed by atoms with Gasteiger partial charge in [0.2, 0.25) is 0 Å². The molecule has 0 aliphatic carbocycles. The topological polar surface area (TPSA) is 50.9 Å². The van der Waals surface area contributed by atoms with Crippen LogP contribution in [0, 0.1) is 0 Å². The van der Waals surface area contributed by atoms with E-state index >= 15 is 0 Å². The van der Waals surface area contributed by atoms with Gasteiger partial charge in [0.1, 0.15) is 11.6 Å². The minimum atomic E-state index is 0.187. The van der Waals surface area contributed by atoms with Crippen molar-refractivity contribution in [1.82, 2.24) is 14.5 Å². The highest BCUT2D eigenvalue weighted by Gasteiger charge is 2.20. The van der Waals surface area contributed by atoms with E-state index < -0.39 is 0 Å². The summed E-state index contributed by atoms with van der Waals surface area (Å²) in [6, 6.07) is 47.2. The summed E-state index contributed by atoms with van der Waals surface area (Å²) >= 11 is 0. The molecule has 1 N–H and O–H groups in total. The van der Waals surface area contributed by atoms with Crippen LogP contribution in [0.1, 0.15) is 24.0 Å². The van der Waals surface area contributed by atoms with Crippen LogP contribution in [0.4, 0.5) is 0 Å². The van der Waals surface area contributed by atoms with E-state index in [0.29, 0.717) is 11.4 Å². The van der Waals surface area contributed by atoms with Gasteiger partial charge in [0, 0.05) is 28.9 Å². The molecule has 7 rings (SSSR count). The molecule has 0 saturated heterocycles. The summed E-state index contributed by atoms with van der Waals surface area (Å²) < 4.78 is 2.13. The molecule has 0 bridgehead atoms. The summed E-state index contributed by atoms with van der Waals surface area (Å²) in [6.45, 7) is 2.25. The van der Waals surface area contributed by atoms with Crippen molar-refractivity contribution in [3.8, 4) is 45.2 Å². The van der Waals surface area contributed by atoms with Crippen LogP contribution in [0.3, 0.4) is 0 Å². The number of benzene rings is 5. The van der Waals surface area contributed by atoms with Crippen molar-refractivity contribution in [2.75, 3.05) is 0 Å². The number of rotatable bonds is 6. The minimum absolute atomic E-state index is 0.187. The molecule has 4 heteroatoms. The molecule has 0 saturated carbocycles. The molecule has 1 unspecified atom stereocenters. The number of fused-ring (bicyclic) bond motifs is 1. The van der Waals surface area contributed by atoms with Crippen molar-refractivity contribution < 1.29 is 5.11 Å². The van der Waals surface area contributed by atoms with E-state index in [-0.39, 0.29) is 11.7 Å². The van der Waals surface area contributed by atoms with E-state index in [1.165, 1.54) is 11.1 Å². The monoisotopic (exact) mass is 543 g/mol. The maximum absolute atomic E-state index is 10.9. The van der Waals surface area contributed by atoms with Crippen LogP contribution >= 0.6 is 0 Å². The number of nitrogens with zero attached hydrogens (tertiary/aromatic N) is 3. The fourth-order valence-electron chi connectivity index (χ4n) is 5.69. The number of pyridine rings is 1. The number of aromatic nitrogens is 3. The standard InChI is InChI=1S/C38H29N3O/c1-26(27-13-4-2-5-14-27)28-23-29(25-30(24-28)34-19-10-11-22-39-34)32-18-12-20-35-37(32)40-38(33-17-8-9-21-36(33)42)41(35)31-15-6-3-7-16-31/h2-26,42H,1H3. The third-order valence-corrected chi connectivity index (χ3v) is 7.87. The maximum Gasteiger partial charge on any atom is 0.149 e. The van der Waals surface area contributed by atoms with E-state index in [1.807, 2.05) is 54.7 Å². The predicted molar refractivity (Wildman–Crippen MR) is 171 cm³/mol. The van der Waals surface area contributed by atoms with Crippen molar-refractivity contribution in [3.05, 3.63) is 157 Å². The smallest absolute Gasteiger partial charge is 0.149 e. The molecule has 0 aliphatic rings. The van der Waals surface area contributed by atoms with Crippen molar-refractivity contribution in [2.24, 2.45) is 0 Å². The molecule has 202 valence electrons. The van der Waals surface area contributed by atoms with Gasteiger partial charge in [-0.25, -0.2) is 4.98 Å². The first-order valence-corrected chi connectivity index (χ1v) is 14.1. The molecule has 2 aromatic heterocycles. The lowest BCUT2D eigenvalue weighted by Crippen LogP contribution is -1.98. The van der Waals surface area contributed by atoms with Crippen LogP contribution in [0.2, 0.25) is 0 Å². The zero-order valence-electron chi connectivity index (χ0n) is 23.2. The average Bonchev–Trinajstić information content (AvgIpc) is 3.45. The predicted octanol–water partition coefficient (Wildman–Crippen LogP) is 9.28. The molecule has 2 heterocycles. The molecule has 0 fully saturated rings. The second kappa shape index (κ2) is 10.8. The third kappa shape index (κ3) is 4.63. The largest absolute Gasteiger partial charge is 0.507 e. The minimum Gasteiger partial charge on any atom is -0.507 e. The zero-order valence-corrected chi connectivity index (χ0v) is 23.2. The van der Waals surface area contributed by atoms with Crippen LogP contribution in [-0.4, -0.2) is 19.6 Å². The van der Waals surface area contributed by atoms with Crippen molar-refractivity contribution >= 4 is 11.0 Å². The molecular weight excluding hydrogens is 514 g/mol. The van der Waals surface area contributed by atoms with Crippen LogP contribution in [0.15, 0.2) is 146 Å². The Morgan fingerprint density at radius 3 is 2.07 bits per heavy atom. The lowest BCUT2D eigenvalue weighted by Gasteiger charge is -2.16. The van der Waals surface area contributed by atoms with Gasteiger partial charge in [0.15, 0.2) is 0 Å². The Labute approximate surface area is 245 Å². The highest BCUT2D eigenvalue weighted by molar-refractivity contribution is 5.96. The molecule has 7 aromatic rings. The molecule has 5 aromatic carbocycles. The van der Waals surface area contributed by atoms with Gasteiger partial charge >= 0.3 is 0 Å². The van der Waals surface area contributed by atoms with Gasteiger partial charge in [0.25, 0.3) is 0 Å². The summed E-state index contributed by atoms with van der Waals surface area (Å²) in [6.07, 6.45) is 1.84. The average molecular weight is 544 g/mol. The Morgan fingerprint density at radius 1 is 0.619 bits per heavy atom. The van der Waals surface area contributed by atoms with Gasteiger partial charge in [0.05, 0.1) is 22.3 Å². The second-order valence-corrected chi connectivity index (χ2v) is 10.5. The Balaban J connectivity index is 1.49. The molecule has 0 amide bonds. The van der Waals surface area contributed by atoms with Crippen molar-refractivity contribution in [2.45, 2.75) is 12.8 Å². The molecule has 0 spiro atoms. The Bertz CT molecular complexity index is 2000. The fourth-order valence-corrected chi connectivity index (χ4v) is 5.69. The number of hydrogen-bond donors (Lipinski definition) is 1. The van der Waals surface area contributed by atoms with Gasteiger partial charge in [-0.3, -0.25) is 9.55 Å². The first-order chi connectivity index (χ1) is 20.7. The van der Waals surface area contributed by atoms with E-state index in [4.69, 9.17) is 4.98 Å². The number of phenolic OH excluding ortho intramolecular Hbond substituents is 1. The quantitative estimate of drug-likeness (QED) is 0.227. The van der Waals surface area contributed by atoms with E-state index in [2.05, 4.69) is 101 Å². The van der Waals surface area contributed by atoms with Crippen LogP contribution in [0.5, 0.6) is 5.75 Å². The Kier molecular flexibility index (Phi) is 6.57. The number of hydrogen-bond acceptors (Lipinski definition) is 3. The lowest BCUT2D eigenvalue weighted by atomic mass is 9.88. The molecule has 0 aliphatic heterocycles. The van der Waals surface area contributed by atoms with Gasteiger partial charge in [-0.2, -0.15) is 0 Å². The first kappa shape index (κ1) is 25.5. The number of para-hydroxylation sites is 3. The highest BCUT2D eigenvalue weighted by Crippen LogP contribution is 2.39.